The Bertz CT molecular complexity index is 898. The zero-order chi connectivity index (χ0) is 18.2. The number of sulfonamides is 1. The molecule has 1 atom stereocenters. The normalized spacial score (nSPS) is 16.7. The molecule has 0 radical (unpaired) electrons. The Kier molecular flexibility index (Phi) is 6.28. The average Bonchev–Trinajstić information content (AvgIpc) is 2.58. The van der Waals surface area contributed by atoms with Crippen molar-refractivity contribution >= 4 is 22.4 Å². The molecule has 26 heavy (non-hydrogen) atoms. The first-order valence-corrected chi connectivity index (χ1v) is 8.93. The van der Waals surface area contributed by atoms with Gasteiger partial charge in [0.25, 0.3) is 0 Å². The lowest BCUT2D eigenvalue weighted by atomic mass is 9.95. The predicted octanol–water partition coefficient (Wildman–Crippen LogP) is 2.83. The Morgan fingerprint density at radius 3 is 2.35 bits per heavy atom. The zero-order valence-electron chi connectivity index (χ0n) is 13.2. The van der Waals surface area contributed by atoms with E-state index in [1.165, 1.54) is 0 Å². The maximum absolute atomic E-state index is 13.7. The van der Waals surface area contributed by atoms with Crippen molar-refractivity contribution in [2.75, 3.05) is 13.1 Å². The summed E-state index contributed by atoms with van der Waals surface area (Å²) in [5.41, 5.74) is 1.88. The van der Waals surface area contributed by atoms with Crippen LogP contribution >= 0.6 is 12.4 Å². The fraction of sp³-hybridized carbons (Fsp3) is 0.250. The third-order valence-electron chi connectivity index (χ3n) is 4.03. The van der Waals surface area contributed by atoms with Gasteiger partial charge in [-0.1, -0.05) is 24.3 Å². The minimum Gasteiger partial charge on any atom is -0.308 e. The second kappa shape index (κ2) is 7.91. The Labute approximate surface area is 154 Å². The molecule has 0 bridgehead atoms. The fourth-order valence-electron chi connectivity index (χ4n) is 2.83. The molecule has 0 fully saturated rings. The largest absolute Gasteiger partial charge is 0.308 e. The molecule has 10 heteroatoms. The third kappa shape index (κ3) is 3.85. The first kappa shape index (κ1) is 20.6. The molecule has 1 aliphatic rings. The van der Waals surface area contributed by atoms with E-state index in [0.717, 1.165) is 17.5 Å². The maximum atomic E-state index is 13.7. The van der Waals surface area contributed by atoms with Crippen molar-refractivity contribution in [1.82, 2.24) is 10.0 Å². The van der Waals surface area contributed by atoms with Crippen molar-refractivity contribution in [1.29, 1.82) is 0 Å². The summed E-state index contributed by atoms with van der Waals surface area (Å²) in [6.45, 7) is 0.372. The first-order chi connectivity index (χ1) is 11.8. The van der Waals surface area contributed by atoms with Crippen molar-refractivity contribution in [3.05, 3.63) is 64.7 Å². The minimum absolute atomic E-state index is 0. The number of rotatable bonds is 4. The number of benzene rings is 2. The van der Waals surface area contributed by atoms with Crippen molar-refractivity contribution in [3.8, 4) is 0 Å². The van der Waals surface area contributed by atoms with Crippen molar-refractivity contribution in [2.45, 2.75) is 17.4 Å². The molecule has 0 saturated carbocycles. The van der Waals surface area contributed by atoms with E-state index in [1.54, 1.807) is 6.07 Å². The van der Waals surface area contributed by atoms with Gasteiger partial charge >= 0.3 is 0 Å². The summed E-state index contributed by atoms with van der Waals surface area (Å²) in [4.78, 5) is -1.66. The summed E-state index contributed by atoms with van der Waals surface area (Å²) >= 11 is 0. The Balaban J connectivity index is 0.00000243. The van der Waals surface area contributed by atoms with Gasteiger partial charge in [0.2, 0.25) is 10.0 Å². The van der Waals surface area contributed by atoms with Gasteiger partial charge in [-0.3, -0.25) is 0 Å². The molecule has 2 aromatic rings. The van der Waals surface area contributed by atoms with Crippen LogP contribution in [0.15, 0.2) is 35.2 Å². The number of nitrogens with one attached hydrogen (secondary N) is 2. The molecular weight excluding hydrogens is 396 g/mol. The Morgan fingerprint density at radius 2 is 1.69 bits per heavy atom. The molecule has 2 N–H and O–H groups in total. The lowest BCUT2D eigenvalue weighted by Gasteiger charge is -2.27. The molecule has 0 aromatic heterocycles. The Morgan fingerprint density at radius 1 is 1.08 bits per heavy atom. The topological polar surface area (TPSA) is 58.2 Å². The molecule has 142 valence electrons. The number of hydrogen-bond donors (Lipinski definition) is 2. The van der Waals surface area contributed by atoms with Crippen LogP contribution in [0, 0.1) is 23.3 Å². The van der Waals surface area contributed by atoms with Crippen molar-refractivity contribution < 1.29 is 26.0 Å². The van der Waals surface area contributed by atoms with Gasteiger partial charge in [0.1, 0.15) is 0 Å². The van der Waals surface area contributed by atoms with Gasteiger partial charge in [-0.2, -0.15) is 0 Å². The third-order valence-corrected chi connectivity index (χ3v) is 5.48. The molecule has 1 aliphatic heterocycles. The van der Waals surface area contributed by atoms with E-state index in [0.29, 0.717) is 6.54 Å². The summed E-state index contributed by atoms with van der Waals surface area (Å²) in [5.74, 6) is -7.47. The van der Waals surface area contributed by atoms with E-state index in [9.17, 15) is 26.0 Å². The van der Waals surface area contributed by atoms with E-state index in [-0.39, 0.29) is 25.0 Å². The molecule has 0 aliphatic carbocycles. The number of hydrogen-bond acceptors (Lipinski definition) is 3. The van der Waals surface area contributed by atoms with Crippen LogP contribution in [-0.4, -0.2) is 21.5 Å². The van der Waals surface area contributed by atoms with Crippen LogP contribution in [0.5, 0.6) is 0 Å². The summed E-state index contributed by atoms with van der Waals surface area (Å²) < 4.78 is 80.3. The smallest absolute Gasteiger partial charge is 0.246 e. The van der Waals surface area contributed by atoms with Crippen LogP contribution in [0.2, 0.25) is 0 Å². The maximum Gasteiger partial charge on any atom is 0.246 e. The first-order valence-electron chi connectivity index (χ1n) is 7.45. The van der Waals surface area contributed by atoms with Gasteiger partial charge in [-0.25, -0.2) is 30.7 Å². The minimum atomic E-state index is -4.79. The van der Waals surface area contributed by atoms with Crippen LogP contribution in [0.3, 0.4) is 0 Å². The molecule has 0 spiro atoms. The van der Waals surface area contributed by atoms with E-state index in [1.807, 2.05) is 22.9 Å². The SMILES string of the molecule is Cl.O=S(=O)(NCC1NCCc2ccccc21)c1c(F)c(F)cc(F)c1F. The highest BCUT2D eigenvalue weighted by molar-refractivity contribution is 7.89. The summed E-state index contributed by atoms with van der Waals surface area (Å²) in [7, 11) is -4.79. The highest BCUT2D eigenvalue weighted by atomic mass is 35.5. The summed E-state index contributed by atoms with van der Waals surface area (Å²) in [6.07, 6.45) is 0.762. The van der Waals surface area contributed by atoms with Crippen LogP contribution in [0.1, 0.15) is 17.2 Å². The lowest BCUT2D eigenvalue weighted by molar-refractivity contribution is 0.416. The van der Waals surface area contributed by atoms with Crippen molar-refractivity contribution in [3.63, 3.8) is 0 Å². The van der Waals surface area contributed by atoms with Gasteiger partial charge in [-0.15, -0.1) is 12.4 Å². The van der Waals surface area contributed by atoms with Gasteiger partial charge < -0.3 is 5.32 Å². The van der Waals surface area contributed by atoms with E-state index in [2.05, 4.69) is 5.32 Å². The van der Waals surface area contributed by atoms with Gasteiger partial charge in [0, 0.05) is 18.7 Å². The molecule has 4 nitrogen and oxygen atoms in total. The predicted molar refractivity (Wildman–Crippen MR) is 89.6 cm³/mol. The molecule has 2 aromatic carbocycles. The summed E-state index contributed by atoms with van der Waals surface area (Å²) in [5, 5.41) is 3.09. The quantitative estimate of drug-likeness (QED) is 0.602. The van der Waals surface area contributed by atoms with E-state index < -0.39 is 44.2 Å². The highest BCUT2D eigenvalue weighted by Crippen LogP contribution is 2.25. The molecule has 1 heterocycles. The molecule has 0 amide bonds. The monoisotopic (exact) mass is 410 g/mol. The van der Waals surface area contributed by atoms with Gasteiger partial charge in [0.15, 0.2) is 28.2 Å². The molecule has 0 saturated heterocycles. The highest BCUT2D eigenvalue weighted by Gasteiger charge is 2.30. The van der Waals surface area contributed by atoms with Crippen molar-refractivity contribution in [2.24, 2.45) is 0 Å². The molecule has 3 rings (SSSR count). The van der Waals surface area contributed by atoms with Crippen LogP contribution < -0.4 is 10.0 Å². The number of fused-ring (bicyclic) bond motifs is 1. The van der Waals surface area contributed by atoms with E-state index in [4.69, 9.17) is 0 Å². The standard InChI is InChI=1S/C16H14F4N2O2S.ClH/c17-11-7-12(18)15(20)16(14(11)19)25(23,24)22-8-13-10-4-2-1-3-9(10)5-6-21-13;/h1-4,7,13,21-22H,5-6,8H2;1H. The zero-order valence-corrected chi connectivity index (χ0v) is 14.9. The van der Waals surface area contributed by atoms with Gasteiger partial charge in [-0.05, 0) is 24.1 Å². The van der Waals surface area contributed by atoms with Gasteiger partial charge in [0.05, 0.1) is 0 Å². The molecular formula is C16H15ClF4N2O2S. The van der Waals surface area contributed by atoms with Crippen LogP contribution in [-0.2, 0) is 16.4 Å². The van der Waals surface area contributed by atoms with E-state index >= 15 is 0 Å². The summed E-state index contributed by atoms with van der Waals surface area (Å²) in [6, 6.07) is 6.88. The second-order valence-electron chi connectivity index (χ2n) is 5.60. The van der Waals surface area contributed by atoms with Crippen LogP contribution in [0.4, 0.5) is 17.6 Å². The average molecular weight is 411 g/mol. The van der Waals surface area contributed by atoms with Crippen LogP contribution in [0.25, 0.3) is 0 Å². The molecule has 1 unspecified atom stereocenters. The lowest BCUT2D eigenvalue weighted by Crippen LogP contribution is -2.39. The fourth-order valence-corrected chi connectivity index (χ4v) is 4.02. The number of halogens is 5. The Hall–Kier alpha value is -1.68. The second-order valence-corrected chi connectivity index (χ2v) is 7.31.